The number of ether oxygens (including phenoxy) is 1. The lowest BCUT2D eigenvalue weighted by molar-refractivity contribution is 0.0985. The van der Waals surface area contributed by atoms with Crippen molar-refractivity contribution in [1.29, 1.82) is 0 Å². The van der Waals surface area contributed by atoms with Crippen molar-refractivity contribution in [2.24, 2.45) is 0 Å². The van der Waals surface area contributed by atoms with Crippen molar-refractivity contribution in [2.75, 3.05) is 43.1 Å². The van der Waals surface area contributed by atoms with Crippen molar-refractivity contribution < 1.29 is 27.4 Å². The van der Waals surface area contributed by atoms with Crippen LogP contribution in [0.5, 0.6) is 0 Å². The Balaban J connectivity index is 1.56. The number of nitrogens with zero attached hydrogens (tertiary/aromatic N) is 3. The number of morpholine rings is 1. The molecule has 40 heavy (non-hydrogen) atoms. The second kappa shape index (κ2) is 11.5. The first-order chi connectivity index (χ1) is 19.2. The highest BCUT2D eigenvalue weighted by Crippen LogP contribution is 2.51. The van der Waals surface area contributed by atoms with Crippen LogP contribution < -0.4 is 15.5 Å². The summed E-state index contributed by atoms with van der Waals surface area (Å²) in [6, 6.07) is 13.2. The van der Waals surface area contributed by atoms with Crippen LogP contribution in [-0.2, 0) is 19.3 Å². The lowest BCUT2D eigenvalue weighted by Crippen LogP contribution is -2.46. The minimum atomic E-state index is -3.89. The molecule has 0 bridgehead atoms. The largest absolute Gasteiger partial charge is 0.395 e. The Morgan fingerprint density at radius 3 is 2.50 bits per heavy atom. The predicted molar refractivity (Wildman–Crippen MR) is 148 cm³/mol. The van der Waals surface area contributed by atoms with Crippen LogP contribution in [0.2, 0.25) is 0 Å². The first-order valence-electron chi connectivity index (χ1n) is 13.2. The number of carbonyl (C=O) groups is 1. The van der Waals surface area contributed by atoms with Crippen molar-refractivity contribution in [2.45, 2.75) is 41.9 Å². The van der Waals surface area contributed by atoms with Gasteiger partial charge in [0.05, 0.1) is 36.5 Å². The first-order valence-corrected chi connectivity index (χ1v) is 14.7. The number of aliphatic hydroxyl groups is 1. The second-order valence-corrected chi connectivity index (χ2v) is 12.3. The molecule has 2 heterocycles. The number of aliphatic hydroxyl groups excluding tert-OH is 1. The van der Waals surface area contributed by atoms with Gasteiger partial charge in [0.2, 0.25) is 0 Å². The van der Waals surface area contributed by atoms with Gasteiger partial charge in [0, 0.05) is 30.4 Å². The number of rotatable bonds is 8. The third kappa shape index (κ3) is 5.38. The molecular weight excluding hydrogens is 537 g/mol. The Bertz CT molecular complexity index is 1460. The van der Waals surface area contributed by atoms with E-state index in [-0.39, 0.29) is 24.1 Å². The number of aromatic nitrogens is 2. The van der Waals surface area contributed by atoms with Gasteiger partial charge in [-0.15, -0.1) is 0 Å². The predicted octanol–water partition coefficient (Wildman–Crippen LogP) is 3.47. The molecule has 2 aromatic carbocycles. The van der Waals surface area contributed by atoms with Gasteiger partial charge in [0.1, 0.15) is 16.4 Å². The van der Waals surface area contributed by atoms with Crippen LogP contribution in [0.25, 0.3) is 11.4 Å². The quantitative estimate of drug-likeness (QED) is 0.351. The van der Waals surface area contributed by atoms with Crippen molar-refractivity contribution in [3.05, 3.63) is 66.1 Å². The van der Waals surface area contributed by atoms with E-state index in [9.17, 15) is 17.6 Å². The highest BCUT2D eigenvalue weighted by Gasteiger charge is 2.52. The molecule has 2 fully saturated rings. The van der Waals surface area contributed by atoms with Crippen LogP contribution in [0.1, 0.15) is 31.9 Å². The number of anilines is 2. The van der Waals surface area contributed by atoms with E-state index in [1.807, 2.05) is 6.92 Å². The molecule has 1 atom stereocenters. The molecule has 212 valence electrons. The number of halogens is 1. The number of carbonyl (C=O) groups excluding carboxylic acids is 1. The molecule has 5 rings (SSSR count). The second-order valence-electron chi connectivity index (χ2n) is 10.0. The summed E-state index contributed by atoms with van der Waals surface area (Å²) in [5, 5.41) is 14.1. The number of urea groups is 1. The lowest BCUT2D eigenvalue weighted by Gasteiger charge is -2.41. The maximum atomic E-state index is 14.0. The van der Waals surface area contributed by atoms with Crippen LogP contribution in [-0.4, -0.2) is 68.5 Å². The summed E-state index contributed by atoms with van der Waals surface area (Å²) < 4.78 is 45.9. The molecule has 0 spiro atoms. The molecule has 1 aliphatic carbocycles. The molecule has 0 unspecified atom stereocenters. The van der Waals surface area contributed by atoms with Crippen LogP contribution in [0.15, 0.2) is 59.5 Å². The topological polar surface area (TPSA) is 134 Å². The van der Waals surface area contributed by atoms with Gasteiger partial charge in [-0.3, -0.25) is 0 Å². The Morgan fingerprint density at radius 1 is 1.15 bits per heavy atom. The van der Waals surface area contributed by atoms with Crippen molar-refractivity contribution in [3.63, 3.8) is 0 Å². The fraction of sp³-hybridized carbons (Fsp3) is 0.393. The minimum Gasteiger partial charge on any atom is -0.395 e. The van der Waals surface area contributed by atoms with Crippen LogP contribution in [0.3, 0.4) is 0 Å². The van der Waals surface area contributed by atoms with Crippen molar-refractivity contribution in [1.82, 2.24) is 15.3 Å². The van der Waals surface area contributed by atoms with Crippen molar-refractivity contribution >= 4 is 27.4 Å². The summed E-state index contributed by atoms with van der Waals surface area (Å²) in [5.74, 6) is 0.475. The van der Waals surface area contributed by atoms with Gasteiger partial charge in [-0.1, -0.05) is 0 Å². The maximum Gasteiger partial charge on any atom is 0.319 e. The van der Waals surface area contributed by atoms with Crippen molar-refractivity contribution in [3.8, 4) is 11.4 Å². The van der Waals surface area contributed by atoms with E-state index < -0.39 is 26.4 Å². The number of sulfone groups is 1. The first kappa shape index (κ1) is 27.9. The van der Waals surface area contributed by atoms with Gasteiger partial charge < -0.3 is 25.4 Å². The molecule has 1 aliphatic heterocycles. The third-order valence-corrected chi connectivity index (χ3v) is 9.98. The fourth-order valence-electron chi connectivity index (χ4n) is 5.06. The van der Waals surface area contributed by atoms with Gasteiger partial charge in [-0.25, -0.2) is 27.6 Å². The number of benzene rings is 2. The minimum absolute atomic E-state index is 0.0272. The Labute approximate surface area is 232 Å². The zero-order chi connectivity index (χ0) is 28.3. The summed E-state index contributed by atoms with van der Waals surface area (Å²) in [5.41, 5.74) is 1.60. The highest BCUT2D eigenvalue weighted by atomic mass is 32.2. The number of amides is 2. The normalized spacial score (nSPS) is 18.6. The summed E-state index contributed by atoms with van der Waals surface area (Å²) in [7, 11) is -3.89. The Hall–Kier alpha value is -3.61. The molecule has 2 amide bonds. The maximum absolute atomic E-state index is 14.0. The van der Waals surface area contributed by atoms with Gasteiger partial charge in [0.25, 0.3) is 0 Å². The van der Waals surface area contributed by atoms with E-state index in [0.29, 0.717) is 61.2 Å². The average molecular weight is 570 g/mol. The number of hydrogen-bond acceptors (Lipinski definition) is 8. The van der Waals surface area contributed by atoms with Gasteiger partial charge >= 0.3 is 6.03 Å². The SMILES string of the molecule is C[C@H]1COCCN1c1cc(C2(S(=O)(=O)c3ccc(F)cc3)CCC2)nc(-c2ccc(NC(=O)NCCO)cc2)n1. The molecule has 10 nitrogen and oxygen atoms in total. The third-order valence-electron chi connectivity index (χ3n) is 7.44. The molecule has 1 aromatic heterocycles. The molecule has 2 aliphatic rings. The Kier molecular flexibility index (Phi) is 8.02. The number of nitrogens with one attached hydrogen (secondary N) is 2. The molecule has 1 saturated carbocycles. The van der Waals surface area contributed by atoms with E-state index in [1.54, 1.807) is 30.3 Å². The smallest absolute Gasteiger partial charge is 0.319 e. The molecular formula is C28H32FN5O5S. The molecule has 12 heteroatoms. The van der Waals surface area contributed by atoms with E-state index in [2.05, 4.69) is 15.5 Å². The zero-order valence-corrected chi connectivity index (χ0v) is 23.0. The summed E-state index contributed by atoms with van der Waals surface area (Å²) in [4.78, 5) is 23.7. The lowest BCUT2D eigenvalue weighted by atomic mass is 9.81. The summed E-state index contributed by atoms with van der Waals surface area (Å²) in [6.45, 7) is 3.64. The van der Waals surface area contributed by atoms with Crippen LogP contribution >= 0.6 is 0 Å². The standard InChI is InChI=1S/C28H32FN5O5S/c1-19-18-39-16-14-34(19)25-17-24(28(11-2-12-28)40(37,38)23-9-5-21(29)6-10-23)32-26(33-25)20-3-7-22(8-4-20)31-27(36)30-13-15-35/h3-10,17,19,35H,2,11-16,18H2,1H3,(H2,30,31,36)/t19-/m0/s1. The van der Waals surface area contributed by atoms with E-state index in [1.165, 1.54) is 12.1 Å². The van der Waals surface area contributed by atoms with Gasteiger partial charge in [-0.05, 0) is 74.7 Å². The monoisotopic (exact) mass is 569 g/mol. The fourth-order valence-corrected chi connectivity index (χ4v) is 7.21. The van der Waals surface area contributed by atoms with E-state index in [0.717, 1.165) is 18.6 Å². The molecule has 3 N–H and O–H groups in total. The molecule has 3 aromatic rings. The van der Waals surface area contributed by atoms with E-state index in [4.69, 9.17) is 19.8 Å². The highest BCUT2D eigenvalue weighted by molar-refractivity contribution is 7.92. The van der Waals surface area contributed by atoms with Crippen LogP contribution in [0, 0.1) is 5.82 Å². The van der Waals surface area contributed by atoms with Gasteiger partial charge in [0.15, 0.2) is 15.7 Å². The average Bonchev–Trinajstić information content (AvgIpc) is 2.92. The van der Waals surface area contributed by atoms with Gasteiger partial charge in [-0.2, -0.15) is 0 Å². The molecule has 0 radical (unpaired) electrons. The summed E-state index contributed by atoms with van der Waals surface area (Å²) in [6.07, 6.45) is 1.52. The zero-order valence-electron chi connectivity index (χ0n) is 22.1. The number of hydrogen-bond donors (Lipinski definition) is 3. The van der Waals surface area contributed by atoms with E-state index >= 15 is 0 Å². The summed E-state index contributed by atoms with van der Waals surface area (Å²) >= 11 is 0. The van der Waals surface area contributed by atoms with Crippen LogP contribution in [0.4, 0.5) is 20.7 Å². The Morgan fingerprint density at radius 2 is 1.88 bits per heavy atom. The molecule has 1 saturated heterocycles.